The molecule has 0 radical (unpaired) electrons. The molecule has 0 fully saturated rings. The van der Waals surface area contributed by atoms with E-state index in [1.165, 1.54) is 5.56 Å². The highest BCUT2D eigenvalue weighted by Crippen LogP contribution is 2.02. The summed E-state index contributed by atoms with van der Waals surface area (Å²) >= 11 is 0. The lowest BCUT2D eigenvalue weighted by atomic mass is 10.2. The van der Waals surface area contributed by atoms with E-state index in [9.17, 15) is 0 Å². The van der Waals surface area contributed by atoms with Gasteiger partial charge in [-0.3, -0.25) is 11.3 Å². The van der Waals surface area contributed by atoms with Crippen LogP contribution in [0.1, 0.15) is 26.3 Å². The molecule has 3 nitrogen and oxygen atoms in total. The molecule has 1 rings (SSSR count). The van der Waals surface area contributed by atoms with Crippen LogP contribution in [0.5, 0.6) is 0 Å². The van der Waals surface area contributed by atoms with Gasteiger partial charge < -0.3 is 4.74 Å². The SMILES string of the molecule is COC(C)(C)C.NNCc1ccccc1. The van der Waals surface area contributed by atoms with E-state index in [0.29, 0.717) is 0 Å². The predicted octanol–water partition coefficient (Wildman–Crippen LogP) is 2.08. The van der Waals surface area contributed by atoms with Crippen LogP contribution in [0, 0.1) is 0 Å². The molecule has 0 amide bonds. The van der Waals surface area contributed by atoms with Crippen molar-refractivity contribution in [2.75, 3.05) is 7.11 Å². The maximum atomic E-state index is 5.11. The highest BCUT2D eigenvalue weighted by molar-refractivity contribution is 5.13. The fraction of sp³-hybridized carbons (Fsp3) is 0.500. The first-order valence-corrected chi connectivity index (χ1v) is 5.02. The van der Waals surface area contributed by atoms with Crippen LogP contribution in [0.2, 0.25) is 0 Å². The summed E-state index contributed by atoms with van der Waals surface area (Å²) < 4.78 is 4.94. The molecule has 0 heterocycles. The molecular weight excluding hydrogens is 188 g/mol. The predicted molar refractivity (Wildman–Crippen MR) is 64.2 cm³/mol. The van der Waals surface area contributed by atoms with Gasteiger partial charge in [-0.05, 0) is 26.3 Å². The van der Waals surface area contributed by atoms with Gasteiger partial charge >= 0.3 is 0 Å². The number of nitrogens with one attached hydrogen (secondary N) is 1. The lowest BCUT2D eigenvalue weighted by molar-refractivity contribution is 0.0397. The highest BCUT2D eigenvalue weighted by Gasteiger charge is 2.03. The first kappa shape index (κ1) is 14.1. The van der Waals surface area contributed by atoms with Gasteiger partial charge in [-0.25, -0.2) is 0 Å². The van der Waals surface area contributed by atoms with Crippen molar-refractivity contribution in [2.45, 2.75) is 32.9 Å². The van der Waals surface area contributed by atoms with Gasteiger partial charge in [-0.2, -0.15) is 0 Å². The summed E-state index contributed by atoms with van der Waals surface area (Å²) in [7, 11) is 1.71. The van der Waals surface area contributed by atoms with Crippen molar-refractivity contribution < 1.29 is 4.74 Å². The Hall–Kier alpha value is -0.900. The molecule has 0 saturated carbocycles. The third-order valence-electron chi connectivity index (χ3n) is 1.76. The van der Waals surface area contributed by atoms with Crippen LogP contribution in [0.4, 0.5) is 0 Å². The summed E-state index contributed by atoms with van der Waals surface area (Å²) in [5, 5.41) is 0. The van der Waals surface area contributed by atoms with E-state index in [1.54, 1.807) is 7.11 Å². The summed E-state index contributed by atoms with van der Waals surface area (Å²) in [5.74, 6) is 5.11. The Bertz CT molecular complexity index is 242. The smallest absolute Gasteiger partial charge is 0.0594 e. The van der Waals surface area contributed by atoms with E-state index in [-0.39, 0.29) is 5.60 Å². The van der Waals surface area contributed by atoms with Crippen LogP contribution in [0.3, 0.4) is 0 Å². The van der Waals surface area contributed by atoms with Crippen LogP contribution < -0.4 is 11.3 Å². The number of nitrogens with two attached hydrogens (primary N) is 1. The number of benzene rings is 1. The van der Waals surface area contributed by atoms with Gasteiger partial charge in [0.25, 0.3) is 0 Å². The topological polar surface area (TPSA) is 47.3 Å². The molecule has 0 aliphatic heterocycles. The van der Waals surface area contributed by atoms with Gasteiger partial charge in [0.05, 0.1) is 5.60 Å². The Morgan fingerprint density at radius 1 is 1.20 bits per heavy atom. The van der Waals surface area contributed by atoms with Crippen molar-refractivity contribution in [3.05, 3.63) is 35.9 Å². The highest BCUT2D eigenvalue weighted by atomic mass is 16.5. The van der Waals surface area contributed by atoms with E-state index in [0.717, 1.165) is 6.54 Å². The zero-order valence-electron chi connectivity index (χ0n) is 10.1. The molecule has 0 aliphatic rings. The van der Waals surface area contributed by atoms with Crippen LogP contribution >= 0.6 is 0 Å². The number of rotatable bonds is 2. The van der Waals surface area contributed by atoms with E-state index < -0.39 is 0 Å². The zero-order chi connectivity index (χ0) is 11.7. The molecule has 86 valence electrons. The Labute approximate surface area is 92.6 Å². The van der Waals surface area contributed by atoms with Crippen LogP contribution in [-0.2, 0) is 11.3 Å². The molecule has 1 aromatic carbocycles. The van der Waals surface area contributed by atoms with Crippen LogP contribution in [0.25, 0.3) is 0 Å². The number of methoxy groups -OCH3 is 1. The molecule has 0 atom stereocenters. The molecule has 0 aromatic heterocycles. The first-order chi connectivity index (χ1) is 6.99. The summed E-state index contributed by atoms with van der Waals surface area (Å²) in [5.41, 5.74) is 3.83. The van der Waals surface area contributed by atoms with Gasteiger partial charge in [0.15, 0.2) is 0 Å². The molecule has 0 saturated heterocycles. The standard InChI is InChI=1S/C7H10N2.C5H12O/c8-9-6-7-4-2-1-3-5-7;1-5(2,3)6-4/h1-5,9H,6,8H2;1-4H3. The minimum absolute atomic E-state index is 0.0417. The average Bonchev–Trinajstić information content (AvgIpc) is 2.20. The zero-order valence-corrected chi connectivity index (χ0v) is 10.1. The third-order valence-corrected chi connectivity index (χ3v) is 1.76. The van der Waals surface area contributed by atoms with Gasteiger partial charge in [0.1, 0.15) is 0 Å². The summed E-state index contributed by atoms with van der Waals surface area (Å²) in [6.45, 7) is 6.80. The second kappa shape index (κ2) is 7.40. The monoisotopic (exact) mass is 210 g/mol. The molecule has 15 heavy (non-hydrogen) atoms. The van der Waals surface area contributed by atoms with Crippen LogP contribution in [-0.4, -0.2) is 12.7 Å². The van der Waals surface area contributed by atoms with E-state index in [2.05, 4.69) is 5.43 Å². The third kappa shape index (κ3) is 9.41. The fourth-order valence-corrected chi connectivity index (χ4v) is 0.714. The number of hydrogen-bond acceptors (Lipinski definition) is 3. The summed E-state index contributed by atoms with van der Waals surface area (Å²) in [6, 6.07) is 10.0. The fourth-order valence-electron chi connectivity index (χ4n) is 0.714. The van der Waals surface area contributed by atoms with Crippen molar-refractivity contribution in [1.29, 1.82) is 0 Å². The minimum atomic E-state index is 0.0417. The Morgan fingerprint density at radius 2 is 1.67 bits per heavy atom. The van der Waals surface area contributed by atoms with E-state index >= 15 is 0 Å². The molecule has 0 bridgehead atoms. The Morgan fingerprint density at radius 3 is 2.00 bits per heavy atom. The molecule has 0 unspecified atom stereocenters. The van der Waals surface area contributed by atoms with E-state index in [1.807, 2.05) is 51.1 Å². The average molecular weight is 210 g/mol. The lowest BCUT2D eigenvalue weighted by Crippen LogP contribution is -2.20. The molecule has 3 heteroatoms. The lowest BCUT2D eigenvalue weighted by Gasteiger charge is -2.14. The maximum Gasteiger partial charge on any atom is 0.0594 e. The molecule has 0 aliphatic carbocycles. The van der Waals surface area contributed by atoms with Gasteiger partial charge in [0, 0.05) is 13.7 Å². The Kier molecular flexibility index (Phi) is 6.96. The Balaban J connectivity index is 0.000000288. The van der Waals surface area contributed by atoms with Gasteiger partial charge in [0.2, 0.25) is 0 Å². The first-order valence-electron chi connectivity index (χ1n) is 5.02. The second-order valence-corrected chi connectivity index (χ2v) is 4.18. The minimum Gasteiger partial charge on any atom is -0.379 e. The van der Waals surface area contributed by atoms with Crippen molar-refractivity contribution in [3.63, 3.8) is 0 Å². The second-order valence-electron chi connectivity index (χ2n) is 4.18. The molecule has 3 N–H and O–H groups in total. The number of ether oxygens (including phenoxy) is 1. The van der Waals surface area contributed by atoms with Crippen molar-refractivity contribution in [2.24, 2.45) is 5.84 Å². The summed E-state index contributed by atoms with van der Waals surface area (Å²) in [6.07, 6.45) is 0. The number of hydrazine groups is 1. The van der Waals surface area contributed by atoms with Crippen LogP contribution in [0.15, 0.2) is 30.3 Å². The quantitative estimate of drug-likeness (QED) is 0.580. The van der Waals surface area contributed by atoms with Crippen molar-refractivity contribution in [3.8, 4) is 0 Å². The van der Waals surface area contributed by atoms with E-state index in [4.69, 9.17) is 10.6 Å². The molecular formula is C12H22N2O. The van der Waals surface area contributed by atoms with Crippen molar-refractivity contribution >= 4 is 0 Å². The molecule has 1 aromatic rings. The molecule has 0 spiro atoms. The number of hydrogen-bond donors (Lipinski definition) is 2. The summed E-state index contributed by atoms with van der Waals surface area (Å²) in [4.78, 5) is 0. The van der Waals surface area contributed by atoms with Gasteiger partial charge in [-0.1, -0.05) is 30.3 Å². The van der Waals surface area contributed by atoms with Crippen molar-refractivity contribution in [1.82, 2.24) is 5.43 Å². The largest absolute Gasteiger partial charge is 0.379 e. The van der Waals surface area contributed by atoms with Gasteiger partial charge in [-0.15, -0.1) is 0 Å². The maximum absolute atomic E-state index is 5.11. The normalized spacial score (nSPS) is 10.5.